The Hall–Kier alpha value is -2.69. The number of rotatable bonds is 3. The summed E-state index contributed by atoms with van der Waals surface area (Å²) in [6.45, 7) is 2.49. The highest BCUT2D eigenvalue weighted by Gasteiger charge is 2.13. The molecule has 21 heavy (non-hydrogen) atoms. The molecule has 0 radical (unpaired) electrons. The fourth-order valence-corrected chi connectivity index (χ4v) is 2.29. The molecule has 0 unspecified atom stereocenters. The van der Waals surface area contributed by atoms with E-state index in [1.54, 1.807) is 13.2 Å². The van der Waals surface area contributed by atoms with Crippen molar-refractivity contribution < 1.29 is 0 Å². The van der Waals surface area contributed by atoms with Crippen molar-refractivity contribution in [3.8, 4) is 11.5 Å². The molecule has 3 aromatic rings. The van der Waals surface area contributed by atoms with Gasteiger partial charge in [0.2, 0.25) is 0 Å². The first-order chi connectivity index (χ1) is 10.1. The molecular formula is C16H16N4O. The Labute approximate surface area is 122 Å². The lowest BCUT2D eigenvalue weighted by Gasteiger charge is -2.01. The number of benzene rings is 1. The normalized spacial score (nSPS) is 10.8. The van der Waals surface area contributed by atoms with E-state index in [0.29, 0.717) is 18.1 Å². The van der Waals surface area contributed by atoms with Gasteiger partial charge in [-0.1, -0.05) is 35.9 Å². The second kappa shape index (κ2) is 5.36. The summed E-state index contributed by atoms with van der Waals surface area (Å²) in [4.78, 5) is 16.5. The van der Waals surface area contributed by atoms with Crippen LogP contribution in [0.1, 0.15) is 11.1 Å². The van der Waals surface area contributed by atoms with Gasteiger partial charge in [-0.3, -0.25) is 9.55 Å². The summed E-state index contributed by atoms with van der Waals surface area (Å²) in [5, 5.41) is 4.41. The lowest BCUT2D eigenvalue weighted by atomic mass is 10.1. The van der Waals surface area contributed by atoms with Gasteiger partial charge in [0, 0.05) is 13.2 Å². The first-order valence-electron chi connectivity index (χ1n) is 6.76. The molecule has 0 N–H and O–H groups in total. The summed E-state index contributed by atoms with van der Waals surface area (Å²) in [5.41, 5.74) is 2.78. The van der Waals surface area contributed by atoms with E-state index >= 15 is 0 Å². The van der Waals surface area contributed by atoms with Crippen LogP contribution in [-0.4, -0.2) is 19.3 Å². The Kier molecular flexibility index (Phi) is 3.39. The average Bonchev–Trinajstić information content (AvgIpc) is 2.77. The number of nitrogens with zero attached hydrogens (tertiary/aromatic N) is 4. The molecule has 0 spiro atoms. The smallest absolute Gasteiger partial charge is 0.277 e. The lowest BCUT2D eigenvalue weighted by Crippen LogP contribution is -2.23. The third-order valence-electron chi connectivity index (χ3n) is 3.35. The first-order valence-corrected chi connectivity index (χ1v) is 6.76. The standard InChI is InChI=1S/C16H16N4O/c1-12-6-5-7-13(10-12)11-20-16(21)19(2)15(18-20)14-8-3-4-9-17-14/h3-10H,11H2,1-2H3. The van der Waals surface area contributed by atoms with E-state index in [9.17, 15) is 4.79 Å². The average molecular weight is 280 g/mol. The van der Waals surface area contributed by atoms with E-state index in [0.717, 1.165) is 5.56 Å². The number of hydrogen-bond acceptors (Lipinski definition) is 3. The van der Waals surface area contributed by atoms with Crippen LogP contribution in [0.2, 0.25) is 0 Å². The maximum Gasteiger partial charge on any atom is 0.346 e. The fourth-order valence-electron chi connectivity index (χ4n) is 2.29. The van der Waals surface area contributed by atoms with Gasteiger partial charge in [-0.25, -0.2) is 9.48 Å². The SMILES string of the molecule is Cc1cccc(Cn2nc(-c3ccccn3)n(C)c2=O)c1. The summed E-state index contributed by atoms with van der Waals surface area (Å²) in [6, 6.07) is 13.6. The summed E-state index contributed by atoms with van der Waals surface area (Å²) < 4.78 is 3.00. The zero-order chi connectivity index (χ0) is 14.8. The van der Waals surface area contributed by atoms with Crippen LogP contribution >= 0.6 is 0 Å². The van der Waals surface area contributed by atoms with E-state index < -0.39 is 0 Å². The molecule has 0 saturated carbocycles. The van der Waals surface area contributed by atoms with Gasteiger partial charge in [-0.15, -0.1) is 5.10 Å². The molecule has 0 saturated heterocycles. The zero-order valence-corrected chi connectivity index (χ0v) is 12.0. The van der Waals surface area contributed by atoms with Crippen LogP contribution < -0.4 is 5.69 Å². The van der Waals surface area contributed by atoms with Crippen LogP contribution in [0.4, 0.5) is 0 Å². The van der Waals surface area contributed by atoms with Gasteiger partial charge in [0.1, 0.15) is 5.69 Å². The van der Waals surface area contributed by atoms with Crippen LogP contribution in [0.5, 0.6) is 0 Å². The largest absolute Gasteiger partial charge is 0.346 e. The summed E-state index contributed by atoms with van der Waals surface area (Å²) in [7, 11) is 1.71. The minimum Gasteiger partial charge on any atom is -0.277 e. The number of pyridine rings is 1. The van der Waals surface area contributed by atoms with E-state index in [1.807, 2.05) is 43.3 Å². The Morgan fingerprint density at radius 2 is 2.00 bits per heavy atom. The molecule has 5 heteroatoms. The monoisotopic (exact) mass is 280 g/mol. The van der Waals surface area contributed by atoms with Gasteiger partial charge in [0.25, 0.3) is 0 Å². The van der Waals surface area contributed by atoms with Gasteiger partial charge in [0.05, 0.1) is 6.54 Å². The van der Waals surface area contributed by atoms with Crippen molar-refractivity contribution in [2.24, 2.45) is 7.05 Å². The molecule has 0 fully saturated rings. The molecule has 2 aromatic heterocycles. The van der Waals surface area contributed by atoms with E-state index in [2.05, 4.69) is 16.1 Å². The van der Waals surface area contributed by atoms with Crippen molar-refractivity contribution in [2.75, 3.05) is 0 Å². The molecule has 0 aliphatic heterocycles. The molecule has 0 bridgehead atoms. The third kappa shape index (κ3) is 2.63. The second-order valence-corrected chi connectivity index (χ2v) is 5.03. The summed E-state index contributed by atoms with van der Waals surface area (Å²) in [5.74, 6) is 0.577. The minimum atomic E-state index is -0.142. The fraction of sp³-hybridized carbons (Fsp3) is 0.188. The Morgan fingerprint density at radius 3 is 2.71 bits per heavy atom. The highest BCUT2D eigenvalue weighted by molar-refractivity contribution is 5.48. The van der Waals surface area contributed by atoms with E-state index in [-0.39, 0.29) is 5.69 Å². The van der Waals surface area contributed by atoms with Crippen molar-refractivity contribution in [3.63, 3.8) is 0 Å². The predicted octanol–water partition coefficient (Wildman–Crippen LogP) is 2.00. The molecule has 0 atom stereocenters. The van der Waals surface area contributed by atoms with Gasteiger partial charge in [-0.2, -0.15) is 0 Å². The van der Waals surface area contributed by atoms with Crippen molar-refractivity contribution in [3.05, 3.63) is 70.3 Å². The quantitative estimate of drug-likeness (QED) is 0.737. The maximum absolute atomic E-state index is 12.3. The van der Waals surface area contributed by atoms with Gasteiger partial charge in [0.15, 0.2) is 5.82 Å². The Bertz CT molecular complexity index is 818. The summed E-state index contributed by atoms with van der Waals surface area (Å²) in [6.07, 6.45) is 1.69. The van der Waals surface area contributed by atoms with Gasteiger partial charge >= 0.3 is 5.69 Å². The number of hydrogen-bond donors (Lipinski definition) is 0. The topological polar surface area (TPSA) is 52.7 Å². The molecular weight excluding hydrogens is 264 g/mol. The van der Waals surface area contributed by atoms with E-state index in [1.165, 1.54) is 14.8 Å². The van der Waals surface area contributed by atoms with Crippen LogP contribution in [0.25, 0.3) is 11.5 Å². The Morgan fingerprint density at radius 1 is 1.14 bits per heavy atom. The highest BCUT2D eigenvalue weighted by Crippen LogP contribution is 2.11. The molecule has 0 amide bonds. The Balaban J connectivity index is 2.00. The van der Waals surface area contributed by atoms with Crippen molar-refractivity contribution in [2.45, 2.75) is 13.5 Å². The summed E-state index contributed by atoms with van der Waals surface area (Å²) >= 11 is 0. The zero-order valence-electron chi connectivity index (χ0n) is 12.0. The molecule has 106 valence electrons. The van der Waals surface area contributed by atoms with Gasteiger partial charge < -0.3 is 0 Å². The number of aromatic nitrogens is 4. The highest BCUT2D eigenvalue weighted by atomic mass is 16.2. The number of aryl methyl sites for hydroxylation is 1. The second-order valence-electron chi connectivity index (χ2n) is 5.03. The van der Waals surface area contributed by atoms with Crippen molar-refractivity contribution in [1.29, 1.82) is 0 Å². The maximum atomic E-state index is 12.3. The molecule has 2 heterocycles. The molecule has 5 nitrogen and oxygen atoms in total. The minimum absolute atomic E-state index is 0.142. The molecule has 1 aromatic carbocycles. The lowest BCUT2D eigenvalue weighted by molar-refractivity contribution is 0.647. The third-order valence-corrected chi connectivity index (χ3v) is 3.35. The van der Waals surface area contributed by atoms with Crippen LogP contribution in [0.3, 0.4) is 0 Å². The van der Waals surface area contributed by atoms with Crippen LogP contribution in [-0.2, 0) is 13.6 Å². The molecule has 3 rings (SSSR count). The van der Waals surface area contributed by atoms with E-state index in [4.69, 9.17) is 0 Å². The van der Waals surface area contributed by atoms with Crippen LogP contribution in [0.15, 0.2) is 53.5 Å². The van der Waals surface area contributed by atoms with Crippen molar-refractivity contribution >= 4 is 0 Å². The molecule has 0 aliphatic carbocycles. The van der Waals surface area contributed by atoms with Crippen molar-refractivity contribution in [1.82, 2.24) is 19.3 Å². The first kappa shape index (κ1) is 13.3. The molecule has 0 aliphatic rings. The van der Waals surface area contributed by atoms with Crippen LogP contribution in [0, 0.1) is 6.92 Å². The van der Waals surface area contributed by atoms with Gasteiger partial charge in [-0.05, 0) is 24.6 Å². The predicted molar refractivity (Wildman–Crippen MR) is 81.0 cm³/mol.